The monoisotopic (exact) mass is 266 g/mol. The van der Waals surface area contributed by atoms with Crippen LogP contribution in [-0.2, 0) is 5.41 Å². The average Bonchev–Trinajstić information content (AvgIpc) is 2.31. The maximum Gasteiger partial charge on any atom is 0.149 e. The van der Waals surface area contributed by atoms with Crippen LogP contribution in [0, 0.1) is 5.82 Å². The number of anilines is 1. The lowest BCUT2D eigenvalue weighted by Gasteiger charge is -2.22. The number of halogens is 2. The standard InChI is InChI=1S/C14H16ClFN2/c1-14(2,3)9-7-8-10(15)5-6-11(16)12(8)18-13(9)17-4/h5-7H,1-4H3,(H,17,18). The summed E-state index contributed by atoms with van der Waals surface area (Å²) >= 11 is 6.12. The van der Waals surface area contributed by atoms with Crippen LogP contribution in [0.15, 0.2) is 18.2 Å². The molecule has 0 bridgehead atoms. The maximum absolute atomic E-state index is 13.8. The Morgan fingerprint density at radius 1 is 1.28 bits per heavy atom. The van der Waals surface area contributed by atoms with Gasteiger partial charge in [-0.15, -0.1) is 0 Å². The fourth-order valence-electron chi connectivity index (χ4n) is 1.95. The van der Waals surface area contributed by atoms with E-state index in [1.165, 1.54) is 6.07 Å². The molecule has 0 spiro atoms. The van der Waals surface area contributed by atoms with E-state index in [4.69, 9.17) is 11.6 Å². The molecule has 0 unspecified atom stereocenters. The second-order valence-electron chi connectivity index (χ2n) is 5.31. The van der Waals surface area contributed by atoms with E-state index in [9.17, 15) is 4.39 Å². The van der Waals surface area contributed by atoms with E-state index in [1.54, 1.807) is 13.1 Å². The molecule has 18 heavy (non-hydrogen) atoms. The molecule has 0 saturated heterocycles. The molecule has 96 valence electrons. The first-order chi connectivity index (χ1) is 8.34. The molecule has 4 heteroatoms. The van der Waals surface area contributed by atoms with Crippen molar-refractivity contribution >= 4 is 28.3 Å². The normalized spacial score (nSPS) is 11.9. The minimum absolute atomic E-state index is 0.0881. The molecule has 0 amide bonds. The van der Waals surface area contributed by atoms with Crippen molar-refractivity contribution < 1.29 is 4.39 Å². The van der Waals surface area contributed by atoms with Gasteiger partial charge in [0.2, 0.25) is 0 Å². The summed E-state index contributed by atoms with van der Waals surface area (Å²) in [6.45, 7) is 6.26. The third-order valence-electron chi connectivity index (χ3n) is 2.93. The zero-order chi connectivity index (χ0) is 13.5. The van der Waals surface area contributed by atoms with Crippen molar-refractivity contribution in [3.05, 3.63) is 34.6 Å². The first kappa shape index (κ1) is 13.1. The minimum Gasteiger partial charge on any atom is -0.373 e. The lowest BCUT2D eigenvalue weighted by Crippen LogP contribution is -2.15. The number of fused-ring (bicyclic) bond motifs is 1. The van der Waals surface area contributed by atoms with E-state index >= 15 is 0 Å². The fraction of sp³-hybridized carbons (Fsp3) is 0.357. The van der Waals surface area contributed by atoms with Gasteiger partial charge in [-0.3, -0.25) is 0 Å². The molecule has 1 heterocycles. The quantitative estimate of drug-likeness (QED) is 0.829. The van der Waals surface area contributed by atoms with Crippen LogP contribution in [0.3, 0.4) is 0 Å². The molecular weight excluding hydrogens is 251 g/mol. The topological polar surface area (TPSA) is 24.9 Å². The summed E-state index contributed by atoms with van der Waals surface area (Å²) in [5.41, 5.74) is 1.24. The number of benzene rings is 1. The average molecular weight is 267 g/mol. The van der Waals surface area contributed by atoms with E-state index in [1.807, 2.05) is 6.07 Å². The molecule has 0 aliphatic heterocycles. The molecule has 0 atom stereocenters. The predicted molar refractivity (Wildman–Crippen MR) is 75.0 cm³/mol. The largest absolute Gasteiger partial charge is 0.373 e. The number of nitrogens with zero attached hydrogens (tertiary/aromatic N) is 1. The highest BCUT2D eigenvalue weighted by atomic mass is 35.5. The van der Waals surface area contributed by atoms with Crippen LogP contribution in [0.25, 0.3) is 10.9 Å². The van der Waals surface area contributed by atoms with E-state index in [0.29, 0.717) is 21.7 Å². The van der Waals surface area contributed by atoms with Crippen LogP contribution in [0.5, 0.6) is 0 Å². The van der Waals surface area contributed by atoms with E-state index in [2.05, 4.69) is 31.1 Å². The Morgan fingerprint density at radius 3 is 2.50 bits per heavy atom. The van der Waals surface area contributed by atoms with Gasteiger partial charge < -0.3 is 5.32 Å². The smallest absolute Gasteiger partial charge is 0.149 e. The summed E-state index contributed by atoms with van der Waals surface area (Å²) in [6.07, 6.45) is 0. The fourth-order valence-corrected chi connectivity index (χ4v) is 2.16. The van der Waals surface area contributed by atoms with Crippen molar-refractivity contribution in [2.75, 3.05) is 12.4 Å². The van der Waals surface area contributed by atoms with E-state index < -0.39 is 0 Å². The molecule has 1 aromatic carbocycles. The summed E-state index contributed by atoms with van der Waals surface area (Å²) in [4.78, 5) is 4.35. The van der Waals surface area contributed by atoms with Crippen LogP contribution < -0.4 is 5.32 Å². The van der Waals surface area contributed by atoms with E-state index in [0.717, 1.165) is 5.56 Å². The Kier molecular flexibility index (Phi) is 3.20. The number of pyridine rings is 1. The lowest BCUT2D eigenvalue weighted by molar-refractivity contribution is 0.590. The maximum atomic E-state index is 13.8. The number of hydrogen-bond donors (Lipinski definition) is 1. The van der Waals surface area contributed by atoms with Crippen molar-refractivity contribution in [3.8, 4) is 0 Å². The van der Waals surface area contributed by atoms with Gasteiger partial charge in [0.05, 0.1) is 5.02 Å². The Morgan fingerprint density at radius 2 is 1.94 bits per heavy atom. The molecule has 1 N–H and O–H groups in total. The zero-order valence-corrected chi connectivity index (χ0v) is 11.7. The molecule has 0 aliphatic rings. The van der Waals surface area contributed by atoms with Crippen LogP contribution in [0.1, 0.15) is 26.3 Å². The van der Waals surface area contributed by atoms with Crippen molar-refractivity contribution in [2.24, 2.45) is 0 Å². The Balaban J connectivity index is 2.86. The summed E-state index contributed by atoms with van der Waals surface area (Å²) in [5.74, 6) is 0.336. The minimum atomic E-state index is -0.355. The van der Waals surface area contributed by atoms with Crippen LogP contribution in [0.2, 0.25) is 5.02 Å². The Hall–Kier alpha value is -1.35. The first-order valence-electron chi connectivity index (χ1n) is 5.81. The second-order valence-corrected chi connectivity index (χ2v) is 5.72. The van der Waals surface area contributed by atoms with Gasteiger partial charge in [0.15, 0.2) is 0 Å². The number of rotatable bonds is 1. The van der Waals surface area contributed by atoms with Gasteiger partial charge in [-0.2, -0.15) is 0 Å². The second kappa shape index (κ2) is 4.39. The first-order valence-corrected chi connectivity index (χ1v) is 6.19. The molecule has 0 radical (unpaired) electrons. The number of nitrogens with one attached hydrogen (secondary N) is 1. The highest BCUT2D eigenvalue weighted by Crippen LogP contribution is 2.34. The number of aromatic nitrogens is 1. The molecule has 2 nitrogen and oxygen atoms in total. The summed E-state index contributed by atoms with van der Waals surface area (Å²) < 4.78 is 13.8. The molecule has 0 aliphatic carbocycles. The Labute approximate surface area is 111 Å². The summed E-state index contributed by atoms with van der Waals surface area (Å²) in [5, 5.41) is 4.19. The third-order valence-corrected chi connectivity index (χ3v) is 3.26. The molecular formula is C14H16ClFN2. The van der Waals surface area contributed by atoms with E-state index in [-0.39, 0.29) is 11.2 Å². The van der Waals surface area contributed by atoms with Gasteiger partial charge in [-0.25, -0.2) is 9.37 Å². The molecule has 2 rings (SSSR count). The van der Waals surface area contributed by atoms with Gasteiger partial charge in [-0.1, -0.05) is 32.4 Å². The predicted octanol–water partition coefficient (Wildman–Crippen LogP) is 4.37. The van der Waals surface area contributed by atoms with Gasteiger partial charge in [-0.05, 0) is 23.6 Å². The van der Waals surface area contributed by atoms with Gasteiger partial charge in [0.1, 0.15) is 17.2 Å². The highest BCUT2D eigenvalue weighted by molar-refractivity contribution is 6.35. The molecule has 0 fully saturated rings. The zero-order valence-electron chi connectivity index (χ0n) is 10.9. The van der Waals surface area contributed by atoms with Crippen LogP contribution in [-0.4, -0.2) is 12.0 Å². The van der Waals surface area contributed by atoms with Gasteiger partial charge >= 0.3 is 0 Å². The molecule has 2 aromatic rings. The van der Waals surface area contributed by atoms with Crippen LogP contribution >= 0.6 is 11.6 Å². The summed E-state index contributed by atoms with van der Waals surface area (Å²) in [6, 6.07) is 4.82. The highest BCUT2D eigenvalue weighted by Gasteiger charge is 2.21. The lowest BCUT2D eigenvalue weighted by atomic mass is 9.86. The van der Waals surface area contributed by atoms with Crippen molar-refractivity contribution in [1.82, 2.24) is 4.98 Å². The number of hydrogen-bond acceptors (Lipinski definition) is 2. The van der Waals surface area contributed by atoms with Gasteiger partial charge in [0.25, 0.3) is 0 Å². The SMILES string of the molecule is CNc1nc2c(F)ccc(Cl)c2cc1C(C)(C)C. The third kappa shape index (κ3) is 2.15. The molecule has 0 saturated carbocycles. The van der Waals surface area contributed by atoms with Crippen molar-refractivity contribution in [1.29, 1.82) is 0 Å². The van der Waals surface area contributed by atoms with Crippen molar-refractivity contribution in [3.63, 3.8) is 0 Å². The van der Waals surface area contributed by atoms with Crippen LogP contribution in [0.4, 0.5) is 10.2 Å². The van der Waals surface area contributed by atoms with Crippen molar-refractivity contribution in [2.45, 2.75) is 26.2 Å². The summed E-state index contributed by atoms with van der Waals surface area (Å²) in [7, 11) is 1.78. The molecule has 1 aromatic heterocycles. The Bertz CT molecular complexity index is 603. The van der Waals surface area contributed by atoms with Gasteiger partial charge in [0, 0.05) is 18.0 Å².